The smallest absolute Gasteiger partial charge is 0.335 e. The molecule has 7 heteroatoms. The van der Waals surface area contributed by atoms with Crippen LogP contribution in [0.15, 0.2) is 24.3 Å². The van der Waals surface area contributed by atoms with Gasteiger partial charge in [0.1, 0.15) is 6.61 Å². The third-order valence-electron chi connectivity index (χ3n) is 2.54. The zero-order valence-electron chi connectivity index (χ0n) is 10.2. The molecule has 0 aliphatic carbocycles. The summed E-state index contributed by atoms with van der Waals surface area (Å²) in [7, 11) is 1.55. The van der Waals surface area contributed by atoms with E-state index < -0.39 is 5.97 Å². The highest BCUT2D eigenvalue weighted by Crippen LogP contribution is 2.17. The van der Waals surface area contributed by atoms with Crippen molar-refractivity contribution in [1.29, 1.82) is 0 Å². The number of ether oxygens (including phenoxy) is 1. The first-order valence-corrected chi connectivity index (χ1v) is 6.02. The molecular weight excluding hydrogens is 270 g/mol. The van der Waals surface area contributed by atoms with E-state index in [1.165, 1.54) is 6.07 Å². The number of hydrogen-bond donors (Lipinski definition) is 1. The number of carboxylic acid groups (broad SMARTS) is 1. The molecule has 2 rings (SSSR count). The SMILES string of the molecule is COCc1nnc(CCl)n1-c1cccc(C(=O)O)c1. The van der Waals surface area contributed by atoms with E-state index in [2.05, 4.69) is 10.2 Å². The lowest BCUT2D eigenvalue weighted by molar-refractivity contribution is 0.0697. The quantitative estimate of drug-likeness (QED) is 0.846. The number of halogens is 1. The lowest BCUT2D eigenvalue weighted by Gasteiger charge is -2.09. The molecule has 0 aliphatic heterocycles. The van der Waals surface area contributed by atoms with Crippen molar-refractivity contribution < 1.29 is 14.6 Å². The van der Waals surface area contributed by atoms with Gasteiger partial charge in [0, 0.05) is 12.8 Å². The van der Waals surface area contributed by atoms with E-state index in [-0.39, 0.29) is 18.1 Å². The second kappa shape index (κ2) is 5.81. The van der Waals surface area contributed by atoms with Crippen molar-refractivity contribution in [3.8, 4) is 5.69 Å². The number of hydrogen-bond acceptors (Lipinski definition) is 4. The van der Waals surface area contributed by atoms with Crippen molar-refractivity contribution in [2.75, 3.05) is 7.11 Å². The Hall–Kier alpha value is -1.92. The van der Waals surface area contributed by atoms with Crippen LogP contribution < -0.4 is 0 Å². The van der Waals surface area contributed by atoms with Gasteiger partial charge in [-0.25, -0.2) is 4.79 Å². The van der Waals surface area contributed by atoms with Crippen molar-refractivity contribution in [3.05, 3.63) is 41.5 Å². The van der Waals surface area contributed by atoms with E-state index in [9.17, 15) is 4.79 Å². The Balaban J connectivity index is 2.53. The number of nitrogens with zero attached hydrogens (tertiary/aromatic N) is 3. The monoisotopic (exact) mass is 281 g/mol. The Morgan fingerprint density at radius 2 is 2.16 bits per heavy atom. The topological polar surface area (TPSA) is 77.2 Å². The molecule has 2 aromatic rings. The van der Waals surface area contributed by atoms with Crippen molar-refractivity contribution in [2.24, 2.45) is 0 Å². The molecular formula is C12H12ClN3O3. The molecule has 19 heavy (non-hydrogen) atoms. The number of rotatable bonds is 5. The summed E-state index contributed by atoms with van der Waals surface area (Å²) in [5.74, 6) is 0.293. The number of alkyl halides is 1. The predicted octanol–water partition coefficient (Wildman–Crippen LogP) is 1.85. The molecule has 0 atom stereocenters. The Labute approximate surface area is 114 Å². The van der Waals surface area contributed by atoms with Gasteiger partial charge in [-0.1, -0.05) is 6.07 Å². The van der Waals surface area contributed by atoms with E-state index in [0.29, 0.717) is 17.3 Å². The molecule has 1 aromatic carbocycles. The number of aromatic nitrogens is 3. The molecule has 0 spiro atoms. The number of carbonyl (C=O) groups is 1. The van der Waals surface area contributed by atoms with E-state index in [1.807, 2.05) is 0 Å². The number of benzene rings is 1. The van der Waals surface area contributed by atoms with Gasteiger partial charge in [-0.05, 0) is 18.2 Å². The molecule has 0 bridgehead atoms. The van der Waals surface area contributed by atoms with Crippen LogP contribution in [0, 0.1) is 0 Å². The number of carboxylic acids is 1. The van der Waals surface area contributed by atoms with Crippen LogP contribution in [0.1, 0.15) is 22.0 Å². The van der Waals surface area contributed by atoms with E-state index in [1.54, 1.807) is 29.9 Å². The zero-order chi connectivity index (χ0) is 13.8. The second-order valence-electron chi connectivity index (χ2n) is 3.79. The highest BCUT2D eigenvalue weighted by atomic mass is 35.5. The largest absolute Gasteiger partial charge is 0.478 e. The second-order valence-corrected chi connectivity index (χ2v) is 4.06. The average Bonchev–Trinajstić information content (AvgIpc) is 2.82. The van der Waals surface area contributed by atoms with Crippen LogP contribution in [0.2, 0.25) is 0 Å². The highest BCUT2D eigenvalue weighted by Gasteiger charge is 2.14. The number of methoxy groups -OCH3 is 1. The molecule has 1 aromatic heterocycles. The average molecular weight is 282 g/mol. The van der Waals surface area contributed by atoms with E-state index >= 15 is 0 Å². The molecule has 1 heterocycles. The molecule has 0 radical (unpaired) electrons. The first kappa shape index (κ1) is 13.5. The maximum Gasteiger partial charge on any atom is 0.335 e. The summed E-state index contributed by atoms with van der Waals surface area (Å²) in [5, 5.41) is 17.0. The maximum atomic E-state index is 11.0. The van der Waals surface area contributed by atoms with Crippen molar-refractivity contribution in [1.82, 2.24) is 14.8 Å². The Morgan fingerprint density at radius 3 is 2.79 bits per heavy atom. The lowest BCUT2D eigenvalue weighted by Crippen LogP contribution is -2.07. The molecule has 1 N–H and O–H groups in total. The van der Waals surface area contributed by atoms with Crippen LogP contribution in [0.4, 0.5) is 0 Å². The minimum Gasteiger partial charge on any atom is -0.478 e. The molecule has 0 saturated carbocycles. The van der Waals surface area contributed by atoms with Crippen molar-refractivity contribution in [2.45, 2.75) is 12.5 Å². The molecule has 0 aliphatic rings. The van der Waals surface area contributed by atoms with Gasteiger partial charge in [0.25, 0.3) is 0 Å². The maximum absolute atomic E-state index is 11.0. The third kappa shape index (κ3) is 2.74. The zero-order valence-corrected chi connectivity index (χ0v) is 11.0. The minimum absolute atomic E-state index is 0.175. The first-order valence-electron chi connectivity index (χ1n) is 5.49. The summed E-state index contributed by atoms with van der Waals surface area (Å²) in [5.41, 5.74) is 0.836. The van der Waals surface area contributed by atoms with Crippen LogP contribution in [-0.2, 0) is 17.2 Å². The molecule has 0 saturated heterocycles. The fourth-order valence-corrected chi connectivity index (χ4v) is 1.91. The first-order chi connectivity index (χ1) is 9.17. The van der Waals surface area contributed by atoms with Gasteiger partial charge >= 0.3 is 5.97 Å². The fourth-order valence-electron chi connectivity index (χ4n) is 1.74. The lowest BCUT2D eigenvalue weighted by atomic mass is 10.2. The summed E-state index contributed by atoms with van der Waals surface area (Å²) in [4.78, 5) is 11.0. The van der Waals surface area contributed by atoms with E-state index in [0.717, 1.165) is 0 Å². The van der Waals surface area contributed by atoms with Gasteiger partial charge in [-0.2, -0.15) is 0 Å². The third-order valence-corrected chi connectivity index (χ3v) is 2.78. The van der Waals surface area contributed by atoms with E-state index in [4.69, 9.17) is 21.4 Å². The Morgan fingerprint density at radius 1 is 1.42 bits per heavy atom. The van der Waals surface area contributed by atoms with Crippen LogP contribution in [0.5, 0.6) is 0 Å². The summed E-state index contributed by atoms with van der Waals surface area (Å²) in [6, 6.07) is 6.49. The fraction of sp³-hybridized carbons (Fsp3) is 0.250. The van der Waals surface area contributed by atoms with Crippen LogP contribution in [-0.4, -0.2) is 33.0 Å². The summed E-state index contributed by atoms with van der Waals surface area (Å²) < 4.78 is 6.74. The molecule has 100 valence electrons. The molecule has 0 unspecified atom stereocenters. The van der Waals surface area contributed by atoms with Gasteiger partial charge in [0.2, 0.25) is 0 Å². The Kier molecular flexibility index (Phi) is 4.13. The van der Waals surface area contributed by atoms with Crippen LogP contribution in [0.3, 0.4) is 0 Å². The van der Waals surface area contributed by atoms with Gasteiger partial charge in [-0.15, -0.1) is 21.8 Å². The Bertz CT molecular complexity index is 598. The van der Waals surface area contributed by atoms with Crippen molar-refractivity contribution in [3.63, 3.8) is 0 Å². The molecule has 6 nitrogen and oxygen atoms in total. The van der Waals surface area contributed by atoms with Gasteiger partial charge < -0.3 is 9.84 Å². The van der Waals surface area contributed by atoms with Crippen LogP contribution >= 0.6 is 11.6 Å². The molecule has 0 amide bonds. The summed E-state index contributed by atoms with van der Waals surface area (Å²) in [6.07, 6.45) is 0. The summed E-state index contributed by atoms with van der Waals surface area (Å²) in [6.45, 7) is 0.265. The minimum atomic E-state index is -0.990. The summed E-state index contributed by atoms with van der Waals surface area (Å²) >= 11 is 5.82. The van der Waals surface area contributed by atoms with Crippen molar-refractivity contribution >= 4 is 17.6 Å². The van der Waals surface area contributed by atoms with Gasteiger partial charge in [0.15, 0.2) is 11.6 Å². The highest BCUT2D eigenvalue weighted by molar-refractivity contribution is 6.16. The van der Waals surface area contributed by atoms with Crippen LogP contribution in [0.25, 0.3) is 5.69 Å². The van der Waals surface area contributed by atoms with Gasteiger partial charge in [-0.3, -0.25) is 4.57 Å². The predicted molar refractivity (Wildman–Crippen MR) is 68.6 cm³/mol. The van der Waals surface area contributed by atoms with Gasteiger partial charge in [0.05, 0.1) is 11.4 Å². The normalized spacial score (nSPS) is 10.6. The number of aromatic carboxylic acids is 1. The molecule has 0 fully saturated rings. The standard InChI is InChI=1S/C12H12ClN3O3/c1-19-7-11-15-14-10(6-13)16(11)9-4-2-3-8(5-9)12(17)18/h2-5H,6-7H2,1H3,(H,17,18).